The minimum atomic E-state index is -5.87. The second-order valence-electron chi connectivity index (χ2n) is 7.68. The molecule has 0 bridgehead atoms. The standard InChI is InChI=1S/C14H21F3N3O17P3/c1-5(21)33-3-6-2-20(13(25)19-10(6)18-12(24)14(15,16)17)11-9(23)8(22)7(35-11)4-34-39(29,30)37-40(31,32)36-38(26,27)28/h2,7-11,22-23H,3-4H2,1H3,(H,18,24)(H,19,25)(H,29,30)(H,31,32)(H2,26,27,28). The number of hydrogen-bond donors (Lipinski definition) is 8. The number of nitrogens with one attached hydrogen (secondary N) is 2. The maximum atomic E-state index is 12.7. The van der Waals surface area contributed by atoms with Gasteiger partial charge in [0.15, 0.2) is 6.23 Å². The molecule has 40 heavy (non-hydrogen) atoms. The summed E-state index contributed by atoms with van der Waals surface area (Å²) in [4.78, 5) is 71.2. The maximum absolute atomic E-state index is 12.7. The molecule has 1 saturated heterocycles. The topological polar surface area (TPSA) is 297 Å². The fourth-order valence-corrected chi connectivity index (χ4v) is 6.04. The van der Waals surface area contributed by atoms with Gasteiger partial charge in [0.2, 0.25) is 0 Å². The Balaban J connectivity index is 2.18. The Kier molecular flexibility index (Phi) is 10.7. The number of ether oxygens (including phenoxy) is 2. The van der Waals surface area contributed by atoms with Crippen LogP contribution in [0.2, 0.25) is 0 Å². The van der Waals surface area contributed by atoms with Crippen LogP contribution in [0.15, 0.2) is 11.8 Å². The minimum absolute atomic E-state index is 0.380. The number of alkyl halides is 3. The van der Waals surface area contributed by atoms with E-state index in [1.54, 1.807) is 0 Å². The average molecular weight is 653 g/mol. The molecule has 2 aliphatic heterocycles. The molecular formula is C14H21F3N3O17P3. The summed E-state index contributed by atoms with van der Waals surface area (Å²) in [5.41, 5.74) is -0.380. The third kappa shape index (κ3) is 9.84. The number of carbonyl (C=O) groups excluding carboxylic acids is 3. The number of phosphoric acid groups is 3. The minimum Gasteiger partial charge on any atom is -0.461 e. The molecule has 26 heteroatoms. The fraction of sp³-hybridized carbons (Fsp3) is 0.643. The highest BCUT2D eigenvalue weighted by Gasteiger charge is 2.50. The molecule has 230 valence electrons. The summed E-state index contributed by atoms with van der Waals surface area (Å²) in [5.74, 6) is -3.39. The molecule has 2 rings (SSSR count). The molecule has 0 radical (unpaired) electrons. The van der Waals surface area contributed by atoms with Gasteiger partial charge >= 0.3 is 47.6 Å². The van der Waals surface area contributed by atoms with E-state index in [1.165, 1.54) is 5.32 Å². The lowest BCUT2D eigenvalue weighted by Crippen LogP contribution is -2.61. The van der Waals surface area contributed by atoms with Crippen LogP contribution in [-0.4, -0.2) is 103 Å². The molecule has 0 aliphatic carbocycles. The Morgan fingerprint density at radius 3 is 2.23 bits per heavy atom. The van der Waals surface area contributed by atoms with Gasteiger partial charge in [-0.15, -0.1) is 0 Å². The molecule has 1 fully saturated rings. The van der Waals surface area contributed by atoms with Gasteiger partial charge in [0.25, 0.3) is 0 Å². The van der Waals surface area contributed by atoms with Gasteiger partial charge in [0.1, 0.15) is 31.1 Å². The van der Waals surface area contributed by atoms with Gasteiger partial charge in [-0.25, -0.2) is 18.5 Å². The van der Waals surface area contributed by atoms with E-state index in [0.717, 1.165) is 6.92 Å². The van der Waals surface area contributed by atoms with Crippen LogP contribution in [0.3, 0.4) is 0 Å². The Hall–Kier alpha value is -1.97. The lowest BCUT2D eigenvalue weighted by atomic mass is 10.1. The van der Waals surface area contributed by atoms with Gasteiger partial charge in [-0.05, 0) is 0 Å². The van der Waals surface area contributed by atoms with E-state index in [0.29, 0.717) is 11.1 Å². The molecule has 2 heterocycles. The zero-order chi connectivity index (χ0) is 30.8. The van der Waals surface area contributed by atoms with Crippen molar-refractivity contribution in [1.29, 1.82) is 0 Å². The van der Waals surface area contributed by atoms with Crippen LogP contribution in [-0.2, 0) is 45.9 Å². The third-order valence-corrected chi connectivity index (χ3v) is 8.38. The number of halogens is 3. The predicted octanol–water partition coefficient (Wildman–Crippen LogP) is -1.75. The van der Waals surface area contributed by atoms with E-state index in [9.17, 15) is 56.4 Å². The summed E-state index contributed by atoms with van der Waals surface area (Å²) >= 11 is 0. The van der Waals surface area contributed by atoms with Crippen molar-refractivity contribution in [2.75, 3.05) is 13.2 Å². The molecule has 3 amide bonds. The van der Waals surface area contributed by atoms with Crippen LogP contribution in [0.25, 0.3) is 0 Å². The number of hydrogen-bond acceptors (Lipinski definition) is 13. The maximum Gasteiger partial charge on any atom is 0.490 e. The number of carbonyl (C=O) groups is 3. The van der Waals surface area contributed by atoms with Gasteiger partial charge in [0.05, 0.1) is 6.61 Å². The van der Waals surface area contributed by atoms with E-state index in [-0.39, 0.29) is 5.57 Å². The SMILES string of the molecule is CC(=O)OCC1=CN(C2OC(COP(=O)(O)OP(=O)(O)OP(=O)(O)O)C(O)C2O)C(=O)NC1NC(=O)C(F)(F)F. The lowest BCUT2D eigenvalue weighted by Gasteiger charge is -2.36. The van der Waals surface area contributed by atoms with E-state index < -0.39 is 91.5 Å². The first-order valence-corrected chi connectivity index (χ1v) is 14.6. The van der Waals surface area contributed by atoms with Gasteiger partial charge in [-0.3, -0.25) is 19.0 Å². The fourth-order valence-electron chi connectivity index (χ4n) is 3.01. The molecule has 0 aromatic heterocycles. The second kappa shape index (κ2) is 12.5. The zero-order valence-electron chi connectivity index (χ0n) is 19.5. The monoisotopic (exact) mass is 653 g/mol. The number of urea groups is 1. The average Bonchev–Trinajstić information content (AvgIpc) is 3.02. The summed E-state index contributed by atoms with van der Waals surface area (Å²) in [7, 11) is -17.2. The van der Waals surface area contributed by atoms with E-state index in [4.69, 9.17) is 19.4 Å². The van der Waals surface area contributed by atoms with Gasteiger partial charge in [0, 0.05) is 18.7 Å². The predicted molar refractivity (Wildman–Crippen MR) is 114 cm³/mol. The first kappa shape index (κ1) is 34.2. The van der Waals surface area contributed by atoms with Crippen LogP contribution < -0.4 is 10.6 Å². The van der Waals surface area contributed by atoms with E-state index in [1.807, 2.05) is 5.32 Å². The highest BCUT2D eigenvalue weighted by Crippen LogP contribution is 2.66. The normalized spacial score (nSPS) is 28.6. The molecule has 8 N–H and O–H groups in total. The van der Waals surface area contributed by atoms with Crippen LogP contribution in [0.5, 0.6) is 0 Å². The summed E-state index contributed by atoms with van der Waals surface area (Å²) in [6.45, 7) is -1.08. The zero-order valence-corrected chi connectivity index (χ0v) is 22.2. The highest BCUT2D eigenvalue weighted by molar-refractivity contribution is 7.66. The Morgan fingerprint density at radius 2 is 1.70 bits per heavy atom. The largest absolute Gasteiger partial charge is 0.490 e. The first-order chi connectivity index (χ1) is 18.0. The molecule has 7 atom stereocenters. The second-order valence-corrected chi connectivity index (χ2v) is 12.1. The number of rotatable bonds is 11. The van der Waals surface area contributed by atoms with Crippen molar-refractivity contribution in [2.45, 2.75) is 43.8 Å². The van der Waals surface area contributed by atoms with Gasteiger partial charge in [-0.2, -0.15) is 21.8 Å². The molecule has 0 aromatic carbocycles. The van der Waals surface area contributed by atoms with Crippen molar-refractivity contribution in [2.24, 2.45) is 0 Å². The van der Waals surface area contributed by atoms with Crippen molar-refractivity contribution >= 4 is 41.4 Å². The number of nitrogens with zero attached hydrogens (tertiary/aromatic N) is 1. The quantitative estimate of drug-likeness (QED) is 0.0906. The number of amides is 3. The van der Waals surface area contributed by atoms with Crippen LogP contribution >= 0.6 is 23.5 Å². The van der Waals surface area contributed by atoms with Crippen molar-refractivity contribution in [1.82, 2.24) is 15.5 Å². The molecule has 2 aliphatic rings. The van der Waals surface area contributed by atoms with E-state index in [2.05, 4.69) is 17.9 Å². The Morgan fingerprint density at radius 1 is 1.10 bits per heavy atom. The van der Waals surface area contributed by atoms with Gasteiger partial charge < -0.3 is 49.9 Å². The van der Waals surface area contributed by atoms with Crippen LogP contribution in [0.1, 0.15) is 6.92 Å². The number of aliphatic hydroxyl groups excluding tert-OH is 2. The lowest BCUT2D eigenvalue weighted by molar-refractivity contribution is -0.174. The van der Waals surface area contributed by atoms with Crippen LogP contribution in [0.4, 0.5) is 18.0 Å². The van der Waals surface area contributed by atoms with Crippen molar-refractivity contribution in [3.8, 4) is 0 Å². The van der Waals surface area contributed by atoms with Crippen molar-refractivity contribution in [3.63, 3.8) is 0 Å². The summed E-state index contributed by atoms with van der Waals surface area (Å²) in [6.07, 6.45) is -14.3. The first-order valence-electron chi connectivity index (χ1n) is 10.1. The molecule has 20 nitrogen and oxygen atoms in total. The summed E-state index contributed by atoms with van der Waals surface area (Å²) in [5, 5.41) is 23.9. The molecule has 7 unspecified atom stereocenters. The van der Waals surface area contributed by atoms with E-state index >= 15 is 0 Å². The summed E-state index contributed by atoms with van der Waals surface area (Å²) in [6, 6.07) is -1.32. The van der Waals surface area contributed by atoms with Gasteiger partial charge in [-0.1, -0.05) is 0 Å². The summed E-state index contributed by atoms with van der Waals surface area (Å²) < 4.78 is 93.1. The van der Waals surface area contributed by atoms with Crippen molar-refractivity contribution < 1.29 is 93.7 Å². The smallest absolute Gasteiger partial charge is 0.461 e. The third-order valence-electron chi connectivity index (χ3n) is 4.58. The number of phosphoric ester groups is 1. The molecule has 0 saturated carbocycles. The Labute approximate surface area is 220 Å². The molecular weight excluding hydrogens is 632 g/mol. The molecule has 0 aromatic rings. The number of aliphatic hydroxyl groups is 2. The highest BCUT2D eigenvalue weighted by atomic mass is 31.3. The number of esters is 1. The van der Waals surface area contributed by atoms with Crippen molar-refractivity contribution in [3.05, 3.63) is 11.8 Å². The Bertz CT molecular complexity index is 1180. The van der Waals surface area contributed by atoms with Crippen LogP contribution in [0, 0.1) is 0 Å². The molecule has 0 spiro atoms.